The van der Waals surface area contributed by atoms with Crippen LogP contribution in [0.3, 0.4) is 0 Å². The van der Waals surface area contributed by atoms with Crippen molar-refractivity contribution in [1.82, 2.24) is 0 Å². The fraction of sp³-hybridized carbons (Fsp3) is 0.417. The number of hydrogen-bond acceptors (Lipinski definition) is 2. The molecule has 0 saturated heterocycles. The third kappa shape index (κ3) is 1.30. The van der Waals surface area contributed by atoms with Gasteiger partial charge in [-0.3, -0.25) is 0 Å². The van der Waals surface area contributed by atoms with E-state index in [2.05, 4.69) is 12.1 Å². The maximum Gasteiger partial charge on any atom is 0.0998 e. The number of nitriles is 1. The van der Waals surface area contributed by atoms with Crippen molar-refractivity contribution in [2.45, 2.75) is 32.2 Å². The predicted octanol–water partition coefficient (Wildman–Crippen LogP) is 2.20. The van der Waals surface area contributed by atoms with E-state index in [0.29, 0.717) is 0 Å². The van der Waals surface area contributed by atoms with Crippen molar-refractivity contribution < 1.29 is 0 Å². The number of fused-ring (bicyclic) bond motifs is 1. The molecule has 0 spiro atoms. The lowest BCUT2D eigenvalue weighted by molar-refractivity contribution is 0.568. The van der Waals surface area contributed by atoms with E-state index in [9.17, 15) is 0 Å². The van der Waals surface area contributed by atoms with Crippen molar-refractivity contribution >= 4 is 0 Å². The second-order valence-corrected chi connectivity index (χ2v) is 3.94. The molecule has 2 rings (SSSR count). The van der Waals surface area contributed by atoms with Gasteiger partial charge in [-0.25, -0.2) is 0 Å². The Hall–Kier alpha value is -1.33. The maximum absolute atomic E-state index is 9.09. The molecule has 1 atom stereocenters. The summed E-state index contributed by atoms with van der Waals surface area (Å²) in [6, 6.07) is 6.48. The average molecular weight is 186 g/mol. The highest BCUT2D eigenvalue weighted by Gasteiger charge is 2.20. The Morgan fingerprint density at radius 3 is 3.00 bits per heavy atom. The minimum absolute atomic E-state index is 0.0632. The maximum atomic E-state index is 9.09. The molecule has 0 bridgehead atoms. The summed E-state index contributed by atoms with van der Waals surface area (Å²) in [5.74, 6) is 0. The summed E-state index contributed by atoms with van der Waals surface area (Å²) in [4.78, 5) is 0. The average Bonchev–Trinajstić information content (AvgIpc) is 2.19. The van der Waals surface area contributed by atoms with Gasteiger partial charge in [0, 0.05) is 6.04 Å². The Morgan fingerprint density at radius 1 is 1.50 bits per heavy atom. The smallest absolute Gasteiger partial charge is 0.0998 e. The standard InChI is InChI=1S/C12H14N2/c1-8-5-6-9-3-2-4-11(14)12(9)10(8)7-13/h5-6,11H,2-4,14H2,1H3/t11-/m1/s1. The van der Waals surface area contributed by atoms with Crippen LogP contribution < -0.4 is 5.73 Å². The number of aryl methyl sites for hydroxylation is 2. The highest BCUT2D eigenvalue weighted by atomic mass is 14.6. The molecule has 1 aromatic carbocycles. The zero-order chi connectivity index (χ0) is 10.1. The van der Waals surface area contributed by atoms with Gasteiger partial charge in [-0.1, -0.05) is 12.1 Å². The van der Waals surface area contributed by atoms with Gasteiger partial charge in [0.25, 0.3) is 0 Å². The number of rotatable bonds is 0. The van der Waals surface area contributed by atoms with Crippen LogP contribution in [0.25, 0.3) is 0 Å². The number of nitrogens with two attached hydrogens (primary N) is 1. The molecule has 1 aliphatic rings. The van der Waals surface area contributed by atoms with E-state index in [0.717, 1.165) is 36.0 Å². The van der Waals surface area contributed by atoms with E-state index in [1.54, 1.807) is 0 Å². The van der Waals surface area contributed by atoms with Gasteiger partial charge in [-0.2, -0.15) is 5.26 Å². The molecule has 0 fully saturated rings. The fourth-order valence-corrected chi connectivity index (χ4v) is 2.22. The summed E-state index contributed by atoms with van der Waals surface area (Å²) in [6.07, 6.45) is 3.21. The Morgan fingerprint density at radius 2 is 2.29 bits per heavy atom. The quantitative estimate of drug-likeness (QED) is 0.675. The van der Waals surface area contributed by atoms with Crippen LogP contribution in [0.1, 0.15) is 41.1 Å². The van der Waals surface area contributed by atoms with Gasteiger partial charge in [0.2, 0.25) is 0 Å². The first kappa shape index (κ1) is 9.23. The molecule has 0 heterocycles. The summed E-state index contributed by atoms with van der Waals surface area (Å²) >= 11 is 0. The lowest BCUT2D eigenvalue weighted by Gasteiger charge is -2.24. The van der Waals surface area contributed by atoms with Crippen molar-refractivity contribution in [2.24, 2.45) is 5.73 Å². The molecule has 72 valence electrons. The molecule has 0 unspecified atom stereocenters. The fourth-order valence-electron chi connectivity index (χ4n) is 2.22. The van der Waals surface area contributed by atoms with Crippen LogP contribution in [0.2, 0.25) is 0 Å². The predicted molar refractivity (Wildman–Crippen MR) is 55.8 cm³/mol. The normalized spacial score (nSPS) is 19.9. The lowest BCUT2D eigenvalue weighted by Crippen LogP contribution is -2.19. The molecule has 0 amide bonds. The van der Waals surface area contributed by atoms with Gasteiger partial charge in [0.05, 0.1) is 11.6 Å². The first-order valence-electron chi connectivity index (χ1n) is 5.02. The molecular formula is C12H14N2. The van der Waals surface area contributed by atoms with Gasteiger partial charge < -0.3 is 5.73 Å². The number of nitrogens with zero attached hydrogens (tertiary/aromatic N) is 1. The van der Waals surface area contributed by atoms with Crippen LogP contribution >= 0.6 is 0 Å². The zero-order valence-corrected chi connectivity index (χ0v) is 8.38. The van der Waals surface area contributed by atoms with Crippen LogP contribution in [0, 0.1) is 18.3 Å². The van der Waals surface area contributed by atoms with E-state index in [-0.39, 0.29) is 6.04 Å². The monoisotopic (exact) mass is 186 g/mol. The first-order chi connectivity index (χ1) is 6.74. The summed E-state index contributed by atoms with van der Waals surface area (Å²) in [5, 5.41) is 9.09. The molecule has 0 radical (unpaired) electrons. The van der Waals surface area contributed by atoms with Gasteiger partial charge in [-0.15, -0.1) is 0 Å². The first-order valence-corrected chi connectivity index (χ1v) is 5.02. The Kier molecular flexibility index (Phi) is 2.26. The number of benzene rings is 1. The van der Waals surface area contributed by atoms with E-state index < -0.39 is 0 Å². The lowest BCUT2D eigenvalue weighted by atomic mass is 9.84. The largest absolute Gasteiger partial charge is 0.324 e. The van der Waals surface area contributed by atoms with Crippen LogP contribution in [-0.4, -0.2) is 0 Å². The second kappa shape index (κ2) is 3.43. The molecule has 2 nitrogen and oxygen atoms in total. The minimum Gasteiger partial charge on any atom is -0.324 e. The van der Waals surface area contributed by atoms with Crippen molar-refractivity contribution in [1.29, 1.82) is 5.26 Å². The van der Waals surface area contributed by atoms with E-state index >= 15 is 0 Å². The van der Waals surface area contributed by atoms with Gasteiger partial charge in [0.15, 0.2) is 0 Å². The van der Waals surface area contributed by atoms with Crippen molar-refractivity contribution in [3.05, 3.63) is 34.4 Å². The van der Waals surface area contributed by atoms with Crippen molar-refractivity contribution in [2.75, 3.05) is 0 Å². The summed E-state index contributed by atoms with van der Waals surface area (Å²) < 4.78 is 0. The van der Waals surface area contributed by atoms with Crippen LogP contribution in [0.5, 0.6) is 0 Å². The van der Waals surface area contributed by atoms with E-state index in [1.807, 2.05) is 13.0 Å². The number of hydrogen-bond donors (Lipinski definition) is 1. The molecule has 0 saturated carbocycles. The van der Waals surface area contributed by atoms with Crippen LogP contribution in [0.4, 0.5) is 0 Å². The minimum atomic E-state index is 0.0632. The summed E-state index contributed by atoms with van der Waals surface area (Å²) in [7, 11) is 0. The molecule has 1 aromatic rings. The third-order valence-electron chi connectivity index (χ3n) is 2.99. The SMILES string of the molecule is Cc1ccc2c(c1C#N)[C@H](N)CCC2. The second-order valence-electron chi connectivity index (χ2n) is 3.94. The van der Waals surface area contributed by atoms with Gasteiger partial charge in [-0.05, 0) is 42.9 Å². The van der Waals surface area contributed by atoms with E-state index in [4.69, 9.17) is 11.0 Å². The third-order valence-corrected chi connectivity index (χ3v) is 2.99. The van der Waals surface area contributed by atoms with Crippen LogP contribution in [0.15, 0.2) is 12.1 Å². The summed E-state index contributed by atoms with van der Waals surface area (Å²) in [6.45, 7) is 1.97. The van der Waals surface area contributed by atoms with E-state index in [1.165, 1.54) is 5.56 Å². The Labute approximate surface area is 84.3 Å². The Balaban J connectivity index is 2.65. The summed E-state index contributed by atoms with van der Waals surface area (Å²) in [5.41, 5.74) is 10.3. The van der Waals surface area contributed by atoms with Gasteiger partial charge >= 0.3 is 0 Å². The highest BCUT2D eigenvalue weighted by molar-refractivity contribution is 5.50. The molecule has 2 heteroatoms. The Bertz CT molecular complexity index is 402. The van der Waals surface area contributed by atoms with Crippen molar-refractivity contribution in [3.8, 4) is 6.07 Å². The molecule has 1 aliphatic carbocycles. The zero-order valence-electron chi connectivity index (χ0n) is 8.38. The topological polar surface area (TPSA) is 49.8 Å². The molecule has 14 heavy (non-hydrogen) atoms. The molecule has 0 aromatic heterocycles. The molecule has 0 aliphatic heterocycles. The van der Waals surface area contributed by atoms with Crippen molar-refractivity contribution in [3.63, 3.8) is 0 Å². The molecule has 2 N–H and O–H groups in total. The van der Waals surface area contributed by atoms with Crippen LogP contribution in [-0.2, 0) is 6.42 Å². The van der Waals surface area contributed by atoms with Gasteiger partial charge in [0.1, 0.15) is 0 Å². The molecular weight excluding hydrogens is 172 g/mol. The highest BCUT2D eigenvalue weighted by Crippen LogP contribution is 2.31.